The monoisotopic (exact) mass is 376 g/mol. The van der Waals surface area contributed by atoms with Gasteiger partial charge in [0.2, 0.25) is 0 Å². The van der Waals surface area contributed by atoms with Gasteiger partial charge in [0.05, 0.1) is 18.2 Å². The molecule has 1 aliphatic heterocycles. The lowest BCUT2D eigenvalue weighted by molar-refractivity contribution is 0.0885. The second-order valence-corrected chi connectivity index (χ2v) is 8.00. The molecule has 1 atom stereocenters. The molecule has 0 bridgehead atoms. The zero-order valence-electron chi connectivity index (χ0n) is 15.7. The number of pyridine rings is 1. The lowest BCUT2D eigenvalue weighted by Crippen LogP contribution is -2.30. The maximum atomic E-state index is 12.6. The number of hydrogen-bond acceptors (Lipinski definition) is 3. The van der Waals surface area contributed by atoms with Crippen LogP contribution in [0.5, 0.6) is 0 Å². The van der Waals surface area contributed by atoms with Crippen LogP contribution in [0.4, 0.5) is 0 Å². The van der Waals surface area contributed by atoms with Crippen LogP contribution in [0, 0.1) is 0 Å². The fraction of sp³-hybridized carbons (Fsp3) is 0.526. The quantitative estimate of drug-likeness (QED) is 0.773. The van der Waals surface area contributed by atoms with Crippen molar-refractivity contribution in [1.29, 1.82) is 0 Å². The van der Waals surface area contributed by atoms with Crippen LogP contribution in [0.15, 0.2) is 29.4 Å². The van der Waals surface area contributed by atoms with Gasteiger partial charge in [-0.2, -0.15) is 4.99 Å². The molecule has 3 rings (SSSR count). The minimum atomic E-state index is -0.393. The van der Waals surface area contributed by atoms with Gasteiger partial charge in [-0.3, -0.25) is 14.2 Å². The summed E-state index contributed by atoms with van der Waals surface area (Å²) in [5.74, 6) is -0.393. The van der Waals surface area contributed by atoms with Crippen LogP contribution >= 0.6 is 11.6 Å². The fourth-order valence-corrected chi connectivity index (χ4v) is 3.47. The Labute approximate surface area is 158 Å². The Morgan fingerprint density at radius 2 is 2.23 bits per heavy atom. The number of carbonyl (C=O) groups is 1. The molecule has 0 aliphatic carbocycles. The number of carbonyl (C=O) groups excluding carboxylic acids is 1. The van der Waals surface area contributed by atoms with Gasteiger partial charge in [-0.05, 0) is 25.0 Å². The molecule has 0 N–H and O–H groups in total. The second-order valence-electron chi connectivity index (χ2n) is 7.64. The highest BCUT2D eigenvalue weighted by molar-refractivity contribution is 6.32. The van der Waals surface area contributed by atoms with Crippen LogP contribution in [0.2, 0.25) is 5.15 Å². The first-order valence-corrected chi connectivity index (χ1v) is 9.23. The molecule has 1 amide bonds. The lowest BCUT2D eigenvalue weighted by atomic mass is 9.92. The van der Waals surface area contributed by atoms with Crippen LogP contribution in [-0.2, 0) is 23.7 Å². The van der Waals surface area contributed by atoms with Crippen LogP contribution in [0.1, 0.15) is 49.7 Å². The smallest absolute Gasteiger partial charge is 0.282 e. The van der Waals surface area contributed by atoms with Gasteiger partial charge in [-0.1, -0.05) is 32.4 Å². The number of aromatic nitrogens is 3. The summed E-state index contributed by atoms with van der Waals surface area (Å²) >= 11 is 6.05. The van der Waals surface area contributed by atoms with E-state index >= 15 is 0 Å². The van der Waals surface area contributed by atoms with Gasteiger partial charge < -0.3 is 4.74 Å². The zero-order chi connectivity index (χ0) is 18.9. The average molecular weight is 377 g/mol. The van der Waals surface area contributed by atoms with Gasteiger partial charge in [0.1, 0.15) is 5.15 Å². The van der Waals surface area contributed by atoms with Crippen LogP contribution < -0.4 is 5.49 Å². The molecule has 0 saturated carbocycles. The molecular weight excluding hydrogens is 352 g/mol. The van der Waals surface area contributed by atoms with Gasteiger partial charge >= 0.3 is 0 Å². The van der Waals surface area contributed by atoms with E-state index in [4.69, 9.17) is 16.3 Å². The first-order valence-electron chi connectivity index (χ1n) is 8.86. The molecule has 6 nitrogen and oxygen atoms in total. The highest BCUT2D eigenvalue weighted by Crippen LogP contribution is 2.21. The van der Waals surface area contributed by atoms with E-state index in [0.717, 1.165) is 25.1 Å². The Morgan fingerprint density at radius 1 is 1.46 bits per heavy atom. The van der Waals surface area contributed by atoms with Crippen LogP contribution in [-0.4, -0.2) is 33.0 Å². The molecule has 1 fully saturated rings. The predicted molar refractivity (Wildman–Crippen MR) is 100 cm³/mol. The third kappa shape index (κ3) is 3.91. The summed E-state index contributed by atoms with van der Waals surface area (Å²) in [4.78, 5) is 21.0. The first kappa shape index (κ1) is 18.9. The highest BCUT2D eigenvalue weighted by Gasteiger charge is 2.23. The summed E-state index contributed by atoms with van der Waals surface area (Å²) in [5.41, 5.74) is 1.94. The van der Waals surface area contributed by atoms with Crippen molar-refractivity contribution in [2.75, 3.05) is 6.61 Å². The Bertz CT molecular complexity index is 870. The Balaban J connectivity index is 2.06. The van der Waals surface area contributed by atoms with Gasteiger partial charge in [0.15, 0.2) is 5.49 Å². The standard InChI is InChI=1S/C19H25ClN4O2/c1-19(2,3)15-11-16(22-18(25)14-8-5-9-21-17(14)20)24(23(15)4)12-13-7-6-10-26-13/h5,8-9,11,13H,6-7,10,12H2,1-4H3/t13-/m1/s1. The van der Waals surface area contributed by atoms with E-state index in [2.05, 4.69) is 35.4 Å². The third-order valence-electron chi connectivity index (χ3n) is 4.62. The van der Waals surface area contributed by atoms with E-state index in [1.807, 2.05) is 17.8 Å². The molecular formula is C19H25ClN4O2. The van der Waals surface area contributed by atoms with E-state index in [-0.39, 0.29) is 16.7 Å². The number of rotatable bonds is 3. The number of nitrogens with zero attached hydrogens (tertiary/aromatic N) is 4. The molecule has 140 valence electrons. The maximum Gasteiger partial charge on any atom is 0.282 e. The Kier molecular flexibility index (Phi) is 5.34. The average Bonchev–Trinajstić information content (AvgIpc) is 3.18. The highest BCUT2D eigenvalue weighted by atomic mass is 35.5. The van der Waals surface area contributed by atoms with Gasteiger partial charge in [0, 0.05) is 37.0 Å². The fourth-order valence-electron chi connectivity index (χ4n) is 3.27. The largest absolute Gasteiger partial charge is 0.376 e. The van der Waals surface area contributed by atoms with Crippen molar-refractivity contribution in [2.45, 2.75) is 51.7 Å². The molecule has 1 aliphatic rings. The van der Waals surface area contributed by atoms with Crippen molar-refractivity contribution in [3.63, 3.8) is 0 Å². The SMILES string of the molecule is Cn1c(C(C)(C)C)cc(=NC(=O)c2cccnc2Cl)n1C[C@H]1CCCO1. The molecule has 2 aromatic heterocycles. The maximum absolute atomic E-state index is 12.6. The zero-order valence-corrected chi connectivity index (χ0v) is 16.5. The van der Waals surface area contributed by atoms with Crippen molar-refractivity contribution >= 4 is 17.5 Å². The minimum Gasteiger partial charge on any atom is -0.376 e. The second kappa shape index (κ2) is 7.37. The number of hydrogen-bond donors (Lipinski definition) is 0. The summed E-state index contributed by atoms with van der Waals surface area (Å²) in [6.07, 6.45) is 3.78. The van der Waals surface area contributed by atoms with Crippen molar-refractivity contribution < 1.29 is 9.53 Å². The van der Waals surface area contributed by atoms with E-state index < -0.39 is 5.91 Å². The molecule has 0 aromatic carbocycles. The van der Waals surface area contributed by atoms with Crippen LogP contribution in [0.25, 0.3) is 0 Å². The number of amides is 1. The summed E-state index contributed by atoms with van der Waals surface area (Å²) < 4.78 is 9.86. The third-order valence-corrected chi connectivity index (χ3v) is 4.92. The molecule has 0 unspecified atom stereocenters. The van der Waals surface area contributed by atoms with Crippen molar-refractivity contribution in [3.8, 4) is 0 Å². The summed E-state index contributed by atoms with van der Waals surface area (Å²) in [6.45, 7) is 7.88. The molecule has 0 radical (unpaired) electrons. The van der Waals surface area contributed by atoms with Gasteiger partial charge in [-0.25, -0.2) is 4.98 Å². The van der Waals surface area contributed by atoms with E-state index in [1.165, 1.54) is 0 Å². The number of ether oxygens (including phenoxy) is 1. The number of halogens is 1. The molecule has 7 heteroatoms. The van der Waals surface area contributed by atoms with Crippen molar-refractivity contribution in [2.24, 2.45) is 12.0 Å². The first-order chi connectivity index (χ1) is 12.3. The topological polar surface area (TPSA) is 61.4 Å². The Hall–Kier alpha value is -1.92. The lowest BCUT2D eigenvalue weighted by Gasteiger charge is -2.21. The van der Waals surface area contributed by atoms with E-state index in [9.17, 15) is 4.79 Å². The van der Waals surface area contributed by atoms with Crippen LogP contribution in [0.3, 0.4) is 0 Å². The molecule has 3 heterocycles. The molecule has 26 heavy (non-hydrogen) atoms. The van der Waals surface area contributed by atoms with Crippen molar-refractivity contribution in [3.05, 3.63) is 46.3 Å². The Morgan fingerprint density at radius 3 is 2.85 bits per heavy atom. The molecule has 0 spiro atoms. The van der Waals surface area contributed by atoms with Gasteiger partial charge in [-0.15, -0.1) is 0 Å². The summed E-state index contributed by atoms with van der Waals surface area (Å²) in [5, 5.41) is 0.166. The van der Waals surface area contributed by atoms with E-state index in [0.29, 0.717) is 17.6 Å². The van der Waals surface area contributed by atoms with E-state index in [1.54, 1.807) is 18.3 Å². The minimum absolute atomic E-state index is 0.0736. The van der Waals surface area contributed by atoms with Gasteiger partial charge in [0.25, 0.3) is 5.91 Å². The summed E-state index contributed by atoms with van der Waals surface area (Å²) in [7, 11) is 2.00. The van der Waals surface area contributed by atoms with Crippen molar-refractivity contribution in [1.82, 2.24) is 14.3 Å². The summed E-state index contributed by atoms with van der Waals surface area (Å²) in [6, 6.07) is 5.29. The normalized spacial score (nSPS) is 18.5. The molecule has 1 saturated heterocycles. The predicted octanol–water partition coefficient (Wildman–Crippen LogP) is 3.09. The molecule has 2 aromatic rings.